The summed E-state index contributed by atoms with van der Waals surface area (Å²) < 4.78 is 37.9. The van der Waals surface area contributed by atoms with Crippen molar-refractivity contribution in [3.8, 4) is 6.08 Å². The summed E-state index contributed by atoms with van der Waals surface area (Å²) in [6.07, 6.45) is 3.40. The maximum absolute atomic E-state index is 13.5. The topological polar surface area (TPSA) is 83.2 Å². The molecular formula is C18H19F2N5O3. The number of nitrogens with zero attached hydrogens (tertiary/aromatic N) is 4. The molecule has 0 radical (unpaired) electrons. The molecule has 1 saturated heterocycles. The fraction of sp³-hybridized carbons (Fsp3) is 0.389. The van der Waals surface area contributed by atoms with Gasteiger partial charge in [0.15, 0.2) is 0 Å². The molecule has 3 heterocycles. The van der Waals surface area contributed by atoms with Crippen LogP contribution in [0.4, 0.5) is 13.6 Å². The van der Waals surface area contributed by atoms with Crippen LogP contribution in [0.2, 0.25) is 0 Å². The van der Waals surface area contributed by atoms with Crippen LogP contribution in [-0.2, 0) is 6.54 Å². The minimum Gasteiger partial charge on any atom is -0.443 e. The normalized spacial score (nSPS) is 19.2. The first-order chi connectivity index (χ1) is 13.5. The lowest BCUT2D eigenvalue weighted by atomic mass is 10.0. The summed E-state index contributed by atoms with van der Waals surface area (Å²) in [5, 5.41) is 8.29. The van der Waals surface area contributed by atoms with E-state index in [0.717, 1.165) is 11.8 Å². The lowest BCUT2D eigenvalue weighted by Gasteiger charge is -2.40. The number of hydrogen-bond donors (Lipinski definition) is 1. The number of halogens is 2. The van der Waals surface area contributed by atoms with Gasteiger partial charge in [0.1, 0.15) is 24.0 Å². The molecule has 1 fully saturated rings. The van der Waals surface area contributed by atoms with E-state index in [4.69, 9.17) is 9.15 Å². The molecule has 0 bridgehead atoms. The molecule has 0 aliphatic carbocycles. The van der Waals surface area contributed by atoms with Gasteiger partial charge in [0.05, 0.1) is 24.8 Å². The molecule has 1 aromatic heterocycles. The van der Waals surface area contributed by atoms with Gasteiger partial charge in [-0.2, -0.15) is 10.1 Å². The Balaban J connectivity index is 1.35. The molecule has 148 valence electrons. The Morgan fingerprint density at radius 3 is 2.79 bits per heavy atom. The van der Waals surface area contributed by atoms with E-state index in [-0.39, 0.29) is 18.2 Å². The van der Waals surface area contributed by atoms with Gasteiger partial charge in [-0.25, -0.2) is 18.6 Å². The third kappa shape index (κ3) is 3.68. The zero-order valence-electron chi connectivity index (χ0n) is 15.1. The fourth-order valence-electron chi connectivity index (χ4n) is 3.20. The minimum atomic E-state index is -0.685. The second-order valence-electron chi connectivity index (χ2n) is 6.66. The zero-order chi connectivity index (χ0) is 19.7. The third-order valence-electron chi connectivity index (χ3n) is 4.57. The second kappa shape index (κ2) is 7.55. The first kappa shape index (κ1) is 18.4. The largest absolute Gasteiger partial charge is 0.443 e. The van der Waals surface area contributed by atoms with E-state index in [1.165, 1.54) is 23.4 Å². The van der Waals surface area contributed by atoms with Crippen molar-refractivity contribution in [1.29, 1.82) is 0 Å². The summed E-state index contributed by atoms with van der Waals surface area (Å²) in [6, 6.07) is 2.36. The van der Waals surface area contributed by atoms with Crippen molar-refractivity contribution in [3.05, 3.63) is 47.4 Å². The molecule has 0 spiro atoms. The molecule has 1 atom stereocenters. The Kier molecular flexibility index (Phi) is 4.95. The van der Waals surface area contributed by atoms with Crippen LogP contribution < -0.4 is 10.1 Å². The number of nitrogens with one attached hydrogen (secondary N) is 1. The second-order valence-corrected chi connectivity index (χ2v) is 6.66. The summed E-state index contributed by atoms with van der Waals surface area (Å²) in [7, 11) is 1.80. The predicted molar refractivity (Wildman–Crippen MR) is 94.7 cm³/mol. The van der Waals surface area contributed by atoms with E-state index in [9.17, 15) is 13.6 Å². The van der Waals surface area contributed by atoms with E-state index in [1.807, 2.05) is 0 Å². The highest BCUT2D eigenvalue weighted by Gasteiger charge is 2.39. The van der Waals surface area contributed by atoms with Crippen molar-refractivity contribution in [3.63, 3.8) is 0 Å². The SMILES string of the molecule is CNCc1coc(OC2CN(C(=O)N3N=CCC3c3cc(F)cc(F)c3)C2)n1. The molecule has 2 aliphatic heterocycles. The van der Waals surface area contributed by atoms with Crippen molar-refractivity contribution in [1.82, 2.24) is 20.2 Å². The molecule has 2 aliphatic rings. The van der Waals surface area contributed by atoms with Crippen molar-refractivity contribution < 1.29 is 22.7 Å². The lowest BCUT2D eigenvalue weighted by Crippen LogP contribution is -2.58. The van der Waals surface area contributed by atoms with Crippen LogP contribution in [0.25, 0.3) is 0 Å². The van der Waals surface area contributed by atoms with Crippen molar-refractivity contribution in [2.45, 2.75) is 25.1 Å². The standard InChI is InChI=1S/C18H19F2N5O3/c1-21-7-14-10-27-17(23-14)28-15-8-24(9-15)18(26)25-16(2-3-22-25)11-4-12(19)6-13(20)5-11/h3-6,10,15-16,21H,2,7-9H2,1H3. The first-order valence-electron chi connectivity index (χ1n) is 8.85. The summed E-state index contributed by atoms with van der Waals surface area (Å²) in [6.45, 7) is 1.26. The van der Waals surface area contributed by atoms with Crippen LogP contribution in [0, 0.1) is 11.6 Å². The summed E-state index contributed by atoms with van der Waals surface area (Å²) in [4.78, 5) is 18.4. The van der Waals surface area contributed by atoms with Crippen molar-refractivity contribution in [2.75, 3.05) is 20.1 Å². The molecule has 8 nitrogen and oxygen atoms in total. The van der Waals surface area contributed by atoms with Gasteiger partial charge < -0.3 is 19.4 Å². The van der Waals surface area contributed by atoms with Crippen LogP contribution in [0.3, 0.4) is 0 Å². The average molecular weight is 391 g/mol. The highest BCUT2D eigenvalue weighted by atomic mass is 19.1. The van der Waals surface area contributed by atoms with Gasteiger partial charge in [-0.15, -0.1) is 0 Å². The number of aromatic nitrogens is 1. The maximum Gasteiger partial charge on any atom is 0.394 e. The number of hydrazone groups is 1. The fourth-order valence-corrected chi connectivity index (χ4v) is 3.20. The Bertz CT molecular complexity index is 877. The lowest BCUT2D eigenvalue weighted by molar-refractivity contribution is 0.0117. The summed E-state index contributed by atoms with van der Waals surface area (Å²) >= 11 is 0. The van der Waals surface area contributed by atoms with Gasteiger partial charge in [-0.3, -0.25) is 0 Å². The number of likely N-dealkylation sites (tertiary alicyclic amines) is 1. The smallest absolute Gasteiger partial charge is 0.394 e. The monoisotopic (exact) mass is 391 g/mol. The minimum absolute atomic E-state index is 0.162. The maximum atomic E-state index is 13.5. The van der Waals surface area contributed by atoms with Gasteiger partial charge in [0.2, 0.25) is 0 Å². The zero-order valence-corrected chi connectivity index (χ0v) is 15.1. The Hall–Kier alpha value is -3.01. The average Bonchev–Trinajstić information content (AvgIpc) is 3.26. The highest BCUT2D eigenvalue weighted by molar-refractivity contribution is 5.79. The molecule has 4 rings (SSSR count). The van der Waals surface area contributed by atoms with Crippen LogP contribution in [0.1, 0.15) is 23.7 Å². The molecule has 1 aromatic carbocycles. The van der Waals surface area contributed by atoms with Gasteiger partial charge in [0.25, 0.3) is 0 Å². The van der Waals surface area contributed by atoms with Crippen LogP contribution in [0.15, 0.2) is 34.0 Å². The number of urea groups is 1. The Labute approximate surface area is 159 Å². The van der Waals surface area contributed by atoms with Gasteiger partial charge in [0, 0.05) is 25.2 Å². The number of benzene rings is 1. The molecule has 2 aromatic rings. The Morgan fingerprint density at radius 1 is 1.32 bits per heavy atom. The van der Waals surface area contributed by atoms with E-state index < -0.39 is 17.7 Å². The van der Waals surface area contributed by atoms with Crippen molar-refractivity contribution in [2.24, 2.45) is 5.10 Å². The molecule has 2 amide bonds. The van der Waals surface area contributed by atoms with Gasteiger partial charge >= 0.3 is 12.1 Å². The van der Waals surface area contributed by atoms with Crippen molar-refractivity contribution >= 4 is 12.2 Å². The van der Waals surface area contributed by atoms with E-state index in [0.29, 0.717) is 31.6 Å². The number of carbonyl (C=O) groups is 1. The molecule has 10 heteroatoms. The van der Waals surface area contributed by atoms with E-state index in [1.54, 1.807) is 18.2 Å². The number of hydrogen-bond acceptors (Lipinski definition) is 6. The number of oxazole rings is 1. The number of carbonyl (C=O) groups excluding carboxylic acids is 1. The quantitative estimate of drug-likeness (QED) is 0.846. The van der Waals surface area contributed by atoms with Crippen LogP contribution >= 0.6 is 0 Å². The summed E-state index contributed by atoms with van der Waals surface area (Å²) in [5.41, 5.74) is 1.09. The molecule has 1 N–H and O–H groups in total. The number of rotatable bonds is 5. The van der Waals surface area contributed by atoms with Crippen LogP contribution in [-0.4, -0.2) is 53.4 Å². The predicted octanol–water partition coefficient (Wildman–Crippen LogP) is 2.29. The summed E-state index contributed by atoms with van der Waals surface area (Å²) in [5.74, 6) is -1.37. The molecule has 28 heavy (non-hydrogen) atoms. The third-order valence-corrected chi connectivity index (χ3v) is 4.57. The van der Waals surface area contributed by atoms with Gasteiger partial charge in [-0.05, 0) is 24.7 Å². The Morgan fingerprint density at radius 2 is 2.07 bits per heavy atom. The van der Waals surface area contributed by atoms with Crippen LogP contribution in [0.5, 0.6) is 6.08 Å². The number of ether oxygens (including phenoxy) is 1. The molecular weight excluding hydrogens is 372 g/mol. The van der Waals surface area contributed by atoms with Gasteiger partial charge in [-0.1, -0.05) is 0 Å². The van der Waals surface area contributed by atoms with E-state index >= 15 is 0 Å². The van der Waals surface area contributed by atoms with E-state index in [2.05, 4.69) is 15.4 Å². The highest BCUT2D eigenvalue weighted by Crippen LogP contribution is 2.31. The molecule has 1 unspecified atom stereocenters. The first-order valence-corrected chi connectivity index (χ1v) is 8.85. The molecule has 0 saturated carbocycles. The number of amides is 2.